The molecule has 2 rings (SSSR count). The molecule has 0 saturated carbocycles. The van der Waals surface area contributed by atoms with Crippen molar-refractivity contribution in [2.75, 3.05) is 20.6 Å². The Balaban J connectivity index is 2.40. The van der Waals surface area contributed by atoms with Gasteiger partial charge < -0.3 is 15.1 Å². The molecule has 1 aromatic carbocycles. The Hall–Kier alpha value is -1.32. The minimum atomic E-state index is 0.302. The van der Waals surface area contributed by atoms with E-state index in [1.807, 2.05) is 32.5 Å². The standard InChI is InChI=1S/C16H24N2O/c1-11(2)13(9-17-3)16(18-4)14-10-19-15-8-6-5-7-12(14)15/h5-8,10-11,13,16-18H,9H2,1-4H3. The highest BCUT2D eigenvalue weighted by atomic mass is 16.3. The Bertz CT molecular complexity index is 518. The number of benzene rings is 1. The average Bonchev–Trinajstić information content (AvgIpc) is 2.83. The molecule has 0 aliphatic rings. The third kappa shape index (κ3) is 2.82. The Morgan fingerprint density at radius 3 is 2.53 bits per heavy atom. The van der Waals surface area contributed by atoms with Gasteiger partial charge in [-0.05, 0) is 38.5 Å². The van der Waals surface area contributed by atoms with Crippen LogP contribution in [-0.4, -0.2) is 20.6 Å². The minimum Gasteiger partial charge on any atom is -0.464 e. The van der Waals surface area contributed by atoms with Gasteiger partial charge in [0.25, 0.3) is 0 Å². The van der Waals surface area contributed by atoms with Gasteiger partial charge in [-0.15, -0.1) is 0 Å². The van der Waals surface area contributed by atoms with Crippen LogP contribution in [0.3, 0.4) is 0 Å². The van der Waals surface area contributed by atoms with Crippen LogP contribution in [0.5, 0.6) is 0 Å². The van der Waals surface area contributed by atoms with Crippen LogP contribution in [0.15, 0.2) is 34.9 Å². The van der Waals surface area contributed by atoms with Gasteiger partial charge in [-0.1, -0.05) is 32.0 Å². The molecule has 2 atom stereocenters. The molecule has 1 aromatic heterocycles. The molecular weight excluding hydrogens is 236 g/mol. The summed E-state index contributed by atoms with van der Waals surface area (Å²) in [7, 11) is 4.03. The first-order chi connectivity index (χ1) is 9.19. The number of nitrogens with one attached hydrogen (secondary N) is 2. The zero-order valence-corrected chi connectivity index (χ0v) is 12.2. The van der Waals surface area contributed by atoms with Gasteiger partial charge in [0.2, 0.25) is 0 Å². The molecule has 19 heavy (non-hydrogen) atoms. The van der Waals surface area contributed by atoms with Crippen molar-refractivity contribution in [3.63, 3.8) is 0 Å². The van der Waals surface area contributed by atoms with Crippen LogP contribution in [0.1, 0.15) is 25.5 Å². The van der Waals surface area contributed by atoms with Gasteiger partial charge >= 0.3 is 0 Å². The fourth-order valence-electron chi connectivity index (χ4n) is 2.81. The molecule has 3 heteroatoms. The van der Waals surface area contributed by atoms with Crippen molar-refractivity contribution in [3.8, 4) is 0 Å². The van der Waals surface area contributed by atoms with Crippen LogP contribution in [0.25, 0.3) is 11.0 Å². The van der Waals surface area contributed by atoms with Crippen molar-refractivity contribution in [2.45, 2.75) is 19.9 Å². The van der Waals surface area contributed by atoms with Crippen molar-refractivity contribution < 1.29 is 4.42 Å². The number of hydrogen-bond donors (Lipinski definition) is 2. The molecule has 3 nitrogen and oxygen atoms in total. The maximum Gasteiger partial charge on any atom is 0.134 e. The van der Waals surface area contributed by atoms with Gasteiger partial charge in [-0.3, -0.25) is 0 Å². The fraction of sp³-hybridized carbons (Fsp3) is 0.500. The second-order valence-corrected chi connectivity index (χ2v) is 5.42. The molecular formula is C16H24N2O. The summed E-state index contributed by atoms with van der Waals surface area (Å²) in [5.41, 5.74) is 2.22. The molecule has 0 fully saturated rings. The van der Waals surface area contributed by atoms with E-state index in [0.717, 1.165) is 12.1 Å². The Kier molecular flexibility index (Phi) is 4.61. The lowest BCUT2D eigenvalue weighted by Crippen LogP contribution is -2.35. The third-order valence-corrected chi connectivity index (χ3v) is 3.88. The van der Waals surface area contributed by atoms with Crippen molar-refractivity contribution in [2.24, 2.45) is 11.8 Å². The number of hydrogen-bond acceptors (Lipinski definition) is 3. The Morgan fingerprint density at radius 1 is 1.16 bits per heavy atom. The largest absolute Gasteiger partial charge is 0.464 e. The van der Waals surface area contributed by atoms with Crippen LogP contribution in [0.2, 0.25) is 0 Å². The molecule has 0 bridgehead atoms. The lowest BCUT2D eigenvalue weighted by molar-refractivity contribution is 0.284. The van der Waals surface area contributed by atoms with Crippen molar-refractivity contribution in [3.05, 3.63) is 36.1 Å². The summed E-state index contributed by atoms with van der Waals surface area (Å²) < 4.78 is 5.68. The van der Waals surface area contributed by atoms with Crippen molar-refractivity contribution in [1.82, 2.24) is 10.6 Å². The minimum absolute atomic E-state index is 0.302. The summed E-state index contributed by atoms with van der Waals surface area (Å²) in [5.74, 6) is 1.12. The zero-order chi connectivity index (χ0) is 13.8. The zero-order valence-electron chi connectivity index (χ0n) is 12.2. The Labute approximate surface area is 115 Å². The molecule has 0 amide bonds. The predicted octanol–water partition coefficient (Wildman–Crippen LogP) is 3.18. The van der Waals surface area contributed by atoms with Crippen molar-refractivity contribution in [1.29, 1.82) is 0 Å². The lowest BCUT2D eigenvalue weighted by atomic mass is 9.84. The number of furan rings is 1. The van der Waals surface area contributed by atoms with E-state index < -0.39 is 0 Å². The highest BCUT2D eigenvalue weighted by Crippen LogP contribution is 2.33. The average molecular weight is 260 g/mol. The summed E-state index contributed by atoms with van der Waals surface area (Å²) in [4.78, 5) is 0. The topological polar surface area (TPSA) is 37.2 Å². The van der Waals surface area contributed by atoms with E-state index in [0.29, 0.717) is 17.9 Å². The van der Waals surface area contributed by atoms with Crippen LogP contribution in [0.4, 0.5) is 0 Å². The van der Waals surface area contributed by atoms with Crippen LogP contribution < -0.4 is 10.6 Å². The lowest BCUT2D eigenvalue weighted by Gasteiger charge is -2.29. The second kappa shape index (κ2) is 6.22. The summed E-state index contributed by atoms with van der Waals surface area (Å²) in [6.45, 7) is 5.53. The summed E-state index contributed by atoms with van der Waals surface area (Å²) in [6, 6.07) is 8.54. The predicted molar refractivity (Wildman–Crippen MR) is 80.3 cm³/mol. The van der Waals surface area contributed by atoms with Gasteiger partial charge in [0.1, 0.15) is 5.58 Å². The first-order valence-electron chi connectivity index (χ1n) is 6.97. The van der Waals surface area contributed by atoms with E-state index in [1.165, 1.54) is 10.9 Å². The van der Waals surface area contributed by atoms with Crippen LogP contribution in [-0.2, 0) is 0 Å². The number of fused-ring (bicyclic) bond motifs is 1. The van der Waals surface area contributed by atoms with Gasteiger partial charge in [0.05, 0.1) is 6.26 Å². The SMILES string of the molecule is CNCC(C(C)C)C(NC)c1coc2ccccc12. The second-order valence-electron chi connectivity index (χ2n) is 5.42. The number of para-hydroxylation sites is 1. The summed E-state index contributed by atoms with van der Waals surface area (Å²) >= 11 is 0. The van der Waals surface area contributed by atoms with Crippen LogP contribution in [0, 0.1) is 11.8 Å². The molecule has 1 heterocycles. The summed E-state index contributed by atoms with van der Waals surface area (Å²) in [5, 5.41) is 7.98. The van der Waals surface area contributed by atoms with Gasteiger partial charge in [0, 0.05) is 17.0 Å². The van der Waals surface area contributed by atoms with E-state index in [4.69, 9.17) is 4.42 Å². The smallest absolute Gasteiger partial charge is 0.134 e. The van der Waals surface area contributed by atoms with E-state index in [2.05, 4.69) is 36.6 Å². The van der Waals surface area contributed by atoms with Gasteiger partial charge in [-0.2, -0.15) is 0 Å². The molecule has 2 aromatic rings. The highest BCUT2D eigenvalue weighted by molar-refractivity contribution is 5.81. The van der Waals surface area contributed by atoms with Crippen LogP contribution >= 0.6 is 0 Å². The van der Waals surface area contributed by atoms with Gasteiger partial charge in [0.15, 0.2) is 0 Å². The first-order valence-corrected chi connectivity index (χ1v) is 6.97. The van der Waals surface area contributed by atoms with E-state index >= 15 is 0 Å². The number of rotatable bonds is 6. The molecule has 2 unspecified atom stereocenters. The molecule has 0 aliphatic carbocycles. The van der Waals surface area contributed by atoms with E-state index in [1.54, 1.807) is 0 Å². The van der Waals surface area contributed by atoms with E-state index in [-0.39, 0.29) is 0 Å². The molecule has 0 aliphatic heterocycles. The third-order valence-electron chi connectivity index (χ3n) is 3.88. The summed E-state index contributed by atoms with van der Waals surface area (Å²) in [6.07, 6.45) is 1.90. The maximum atomic E-state index is 5.68. The van der Waals surface area contributed by atoms with E-state index in [9.17, 15) is 0 Å². The van der Waals surface area contributed by atoms with Gasteiger partial charge in [-0.25, -0.2) is 0 Å². The fourth-order valence-corrected chi connectivity index (χ4v) is 2.81. The molecule has 0 saturated heterocycles. The monoisotopic (exact) mass is 260 g/mol. The Morgan fingerprint density at radius 2 is 1.89 bits per heavy atom. The molecule has 104 valence electrons. The normalized spacial score (nSPS) is 15.0. The maximum absolute atomic E-state index is 5.68. The molecule has 2 N–H and O–H groups in total. The molecule has 0 spiro atoms. The highest BCUT2D eigenvalue weighted by Gasteiger charge is 2.26. The first kappa shape index (κ1) is 14.1. The van der Waals surface area contributed by atoms with Crippen molar-refractivity contribution >= 4 is 11.0 Å². The quantitative estimate of drug-likeness (QED) is 0.837. The molecule has 0 radical (unpaired) electrons.